The molecule has 1 aliphatic rings. The lowest BCUT2D eigenvalue weighted by Crippen LogP contribution is -2.26. The minimum Gasteiger partial charge on any atom is -0.492 e. The van der Waals surface area contributed by atoms with Gasteiger partial charge in [-0.1, -0.05) is 29.8 Å². The summed E-state index contributed by atoms with van der Waals surface area (Å²) in [6.07, 6.45) is 8.88. The van der Waals surface area contributed by atoms with Gasteiger partial charge in [0.05, 0.1) is 17.8 Å². The number of halogens is 1. The van der Waals surface area contributed by atoms with E-state index < -0.39 is 5.97 Å². The number of benzene rings is 1. The summed E-state index contributed by atoms with van der Waals surface area (Å²) in [5, 5.41) is 13.9. The number of carbonyl (C=O) groups is 1. The Kier molecular flexibility index (Phi) is 6.32. The number of aromatic nitrogens is 2. The molecule has 0 fully saturated rings. The first-order valence-electron chi connectivity index (χ1n) is 8.79. The molecular formula is C20H22ClN3O3. The maximum atomic E-state index is 10.6. The van der Waals surface area contributed by atoms with E-state index in [4.69, 9.17) is 21.4 Å². The zero-order chi connectivity index (χ0) is 19.2. The van der Waals surface area contributed by atoms with Crippen molar-refractivity contribution in [3.8, 4) is 11.4 Å². The molecule has 7 heteroatoms. The summed E-state index contributed by atoms with van der Waals surface area (Å²) in [4.78, 5) is 12.5. The lowest BCUT2D eigenvalue weighted by molar-refractivity contribution is -0.137. The number of fused-ring (bicyclic) bond motifs is 1. The first kappa shape index (κ1) is 19.2. The Balaban J connectivity index is 1.59. The number of hydrogen-bond donors (Lipinski definition) is 1. The van der Waals surface area contributed by atoms with Crippen LogP contribution in [0.25, 0.3) is 11.8 Å². The molecule has 0 radical (unpaired) electrons. The minimum atomic E-state index is -0.792. The summed E-state index contributed by atoms with van der Waals surface area (Å²) in [6.45, 7) is 1.65. The van der Waals surface area contributed by atoms with Crippen molar-refractivity contribution in [3.05, 3.63) is 58.9 Å². The molecule has 2 aromatic rings. The highest BCUT2D eigenvalue weighted by Gasteiger charge is 2.15. The maximum Gasteiger partial charge on any atom is 0.304 e. The van der Waals surface area contributed by atoms with E-state index in [0.29, 0.717) is 24.8 Å². The van der Waals surface area contributed by atoms with Crippen molar-refractivity contribution >= 4 is 23.6 Å². The van der Waals surface area contributed by atoms with Gasteiger partial charge < -0.3 is 14.7 Å². The molecule has 1 heterocycles. The highest BCUT2D eigenvalue weighted by molar-refractivity contribution is 6.31. The molecule has 6 nitrogen and oxygen atoms in total. The fraction of sp³-hybridized carbons (Fsp3) is 0.300. The highest BCUT2D eigenvalue weighted by atomic mass is 35.5. The highest BCUT2D eigenvalue weighted by Crippen LogP contribution is 2.27. The molecule has 0 bridgehead atoms. The first-order chi connectivity index (χ1) is 13.0. The van der Waals surface area contributed by atoms with Gasteiger partial charge in [0.1, 0.15) is 17.5 Å². The number of ether oxygens (including phenoxy) is 1. The van der Waals surface area contributed by atoms with Crippen LogP contribution in [0.2, 0.25) is 5.15 Å². The van der Waals surface area contributed by atoms with E-state index in [-0.39, 0.29) is 6.42 Å². The third-order valence-corrected chi connectivity index (χ3v) is 4.66. The first-order valence-corrected chi connectivity index (χ1v) is 9.16. The van der Waals surface area contributed by atoms with Crippen LogP contribution in [0.15, 0.2) is 42.5 Å². The van der Waals surface area contributed by atoms with E-state index in [2.05, 4.69) is 11.2 Å². The van der Waals surface area contributed by atoms with Crippen LogP contribution < -0.4 is 4.74 Å². The molecule has 0 atom stereocenters. The molecule has 1 N–H and O–H groups in total. The van der Waals surface area contributed by atoms with Crippen LogP contribution in [0.4, 0.5) is 0 Å². The predicted molar refractivity (Wildman–Crippen MR) is 106 cm³/mol. The number of hydrogen-bond acceptors (Lipinski definition) is 4. The molecule has 3 rings (SSSR count). The fourth-order valence-electron chi connectivity index (χ4n) is 2.75. The molecule has 1 aliphatic carbocycles. The van der Waals surface area contributed by atoms with Crippen molar-refractivity contribution < 1.29 is 14.6 Å². The second-order valence-electron chi connectivity index (χ2n) is 6.34. The molecule has 27 heavy (non-hydrogen) atoms. The van der Waals surface area contributed by atoms with Gasteiger partial charge in [0, 0.05) is 25.1 Å². The van der Waals surface area contributed by atoms with Gasteiger partial charge >= 0.3 is 5.97 Å². The Labute approximate surface area is 163 Å². The molecule has 0 saturated carbocycles. The average molecular weight is 388 g/mol. The Morgan fingerprint density at radius 1 is 1.30 bits per heavy atom. The number of aliphatic carboxylic acids is 1. The number of nitrogens with zero attached hydrogens (tertiary/aromatic N) is 3. The van der Waals surface area contributed by atoms with Crippen LogP contribution in [0.1, 0.15) is 17.7 Å². The Morgan fingerprint density at radius 2 is 2.07 bits per heavy atom. The summed E-state index contributed by atoms with van der Waals surface area (Å²) < 4.78 is 7.47. The Hall–Kier alpha value is -2.57. The van der Waals surface area contributed by atoms with Crippen molar-refractivity contribution in [1.29, 1.82) is 0 Å². The van der Waals surface area contributed by atoms with Gasteiger partial charge in [-0.2, -0.15) is 5.10 Å². The van der Waals surface area contributed by atoms with Crippen LogP contribution in [0.5, 0.6) is 5.75 Å². The van der Waals surface area contributed by atoms with Gasteiger partial charge in [0.15, 0.2) is 0 Å². The van der Waals surface area contributed by atoms with Gasteiger partial charge in [-0.05, 0) is 37.4 Å². The summed E-state index contributed by atoms with van der Waals surface area (Å²) in [5.74, 6) is -0.0440. The van der Waals surface area contributed by atoms with Gasteiger partial charge in [0.25, 0.3) is 0 Å². The van der Waals surface area contributed by atoms with Gasteiger partial charge in [0.2, 0.25) is 0 Å². The zero-order valence-corrected chi connectivity index (χ0v) is 15.9. The van der Waals surface area contributed by atoms with E-state index in [0.717, 1.165) is 29.1 Å². The van der Waals surface area contributed by atoms with E-state index in [1.54, 1.807) is 4.68 Å². The van der Waals surface area contributed by atoms with Crippen LogP contribution >= 0.6 is 11.6 Å². The predicted octanol–water partition coefficient (Wildman–Crippen LogP) is 3.44. The van der Waals surface area contributed by atoms with Gasteiger partial charge in [-0.15, -0.1) is 0 Å². The summed E-state index contributed by atoms with van der Waals surface area (Å²) in [7, 11) is 1.88. The molecule has 0 spiro atoms. The number of likely N-dealkylation sites (N-methyl/N-ethyl adjacent to an activating group) is 1. The summed E-state index contributed by atoms with van der Waals surface area (Å²) >= 11 is 6.50. The Bertz CT molecular complexity index is 856. The summed E-state index contributed by atoms with van der Waals surface area (Å²) in [5.41, 5.74) is 2.78. The van der Waals surface area contributed by atoms with Crippen LogP contribution in [0.3, 0.4) is 0 Å². The van der Waals surface area contributed by atoms with E-state index in [1.807, 2.05) is 54.4 Å². The van der Waals surface area contributed by atoms with Crippen LogP contribution in [0, 0.1) is 0 Å². The number of carboxylic acids is 1. The van der Waals surface area contributed by atoms with Crippen molar-refractivity contribution in [2.75, 3.05) is 26.7 Å². The van der Waals surface area contributed by atoms with Crippen LogP contribution in [-0.4, -0.2) is 52.5 Å². The van der Waals surface area contributed by atoms with Crippen molar-refractivity contribution in [1.82, 2.24) is 14.7 Å². The smallest absolute Gasteiger partial charge is 0.304 e. The minimum absolute atomic E-state index is 0.130. The van der Waals surface area contributed by atoms with Crippen LogP contribution in [-0.2, 0) is 11.2 Å². The van der Waals surface area contributed by atoms with E-state index in [9.17, 15) is 4.79 Å². The second-order valence-corrected chi connectivity index (χ2v) is 6.70. The molecule has 0 amide bonds. The van der Waals surface area contributed by atoms with Crippen molar-refractivity contribution in [3.63, 3.8) is 0 Å². The molecule has 0 aliphatic heterocycles. The van der Waals surface area contributed by atoms with Crippen molar-refractivity contribution in [2.45, 2.75) is 12.8 Å². The lowest BCUT2D eigenvalue weighted by Gasteiger charge is -2.15. The zero-order valence-electron chi connectivity index (χ0n) is 15.1. The lowest BCUT2D eigenvalue weighted by atomic mass is 10.2. The number of carboxylic acid groups (broad SMARTS) is 1. The average Bonchev–Trinajstić information content (AvgIpc) is 2.83. The standard InChI is InChI=1S/C20H22ClN3O3/c1-23(12-11-19(25)26)13-14-27-16-9-7-15(8-10-16)24-20(21)17-5-3-2-4-6-18(17)22-24/h2-5,7-10H,6,11-14H2,1H3,(H,25,26). The monoisotopic (exact) mass is 387 g/mol. The maximum absolute atomic E-state index is 10.6. The molecule has 142 valence electrons. The topological polar surface area (TPSA) is 67.6 Å². The van der Waals surface area contributed by atoms with E-state index >= 15 is 0 Å². The number of allylic oxidation sites excluding steroid dienone is 3. The molecule has 1 aromatic heterocycles. The molecule has 0 saturated heterocycles. The third kappa shape index (κ3) is 4.99. The van der Waals surface area contributed by atoms with Crippen molar-refractivity contribution in [2.24, 2.45) is 0 Å². The largest absolute Gasteiger partial charge is 0.492 e. The SMILES string of the molecule is CN(CCOc1ccc(-n2nc3c(c2Cl)C=CC=CC3)cc1)CCC(=O)O. The Morgan fingerprint density at radius 3 is 2.81 bits per heavy atom. The molecular weight excluding hydrogens is 366 g/mol. The molecule has 1 aromatic carbocycles. The second kappa shape index (κ2) is 8.88. The van der Waals surface area contributed by atoms with Gasteiger partial charge in [-0.25, -0.2) is 4.68 Å². The quantitative estimate of drug-likeness (QED) is 0.751. The molecule has 0 unspecified atom stereocenters. The normalized spacial score (nSPS) is 12.9. The van der Waals surface area contributed by atoms with E-state index in [1.165, 1.54) is 0 Å². The van der Waals surface area contributed by atoms with Gasteiger partial charge in [-0.3, -0.25) is 4.79 Å². The fourth-order valence-corrected chi connectivity index (χ4v) is 3.06. The summed E-state index contributed by atoms with van der Waals surface area (Å²) in [6, 6.07) is 7.60. The number of rotatable bonds is 8. The third-order valence-electron chi connectivity index (χ3n) is 4.29.